The number of nitrogens with one attached hydrogen (secondary N) is 1. The van der Waals surface area contributed by atoms with E-state index in [1.165, 1.54) is 28.6 Å². The van der Waals surface area contributed by atoms with Crippen LogP contribution < -0.4 is 5.32 Å². The van der Waals surface area contributed by atoms with E-state index in [0.717, 1.165) is 5.69 Å². The molecule has 1 unspecified atom stereocenters. The van der Waals surface area contributed by atoms with Crippen LogP contribution in [0.15, 0.2) is 53.7 Å². The van der Waals surface area contributed by atoms with Gasteiger partial charge in [-0.25, -0.2) is 4.39 Å². The van der Waals surface area contributed by atoms with Gasteiger partial charge in [0.2, 0.25) is 11.1 Å². The highest BCUT2D eigenvalue weighted by molar-refractivity contribution is 8.00. The number of hydrogen-bond donors (Lipinski definition) is 1. The molecule has 25 heavy (non-hydrogen) atoms. The first-order valence-corrected chi connectivity index (χ1v) is 8.57. The number of tetrazole rings is 1. The summed E-state index contributed by atoms with van der Waals surface area (Å²) >= 11 is 7.05. The number of hydrogen-bond acceptors (Lipinski definition) is 5. The average molecular weight is 378 g/mol. The van der Waals surface area contributed by atoms with Crippen molar-refractivity contribution in [2.45, 2.75) is 17.3 Å². The highest BCUT2D eigenvalue weighted by atomic mass is 35.5. The molecule has 3 aromatic rings. The van der Waals surface area contributed by atoms with Crippen LogP contribution in [0.3, 0.4) is 0 Å². The number of benzene rings is 2. The number of thioether (sulfide) groups is 1. The van der Waals surface area contributed by atoms with Crippen LogP contribution in [-0.4, -0.2) is 31.4 Å². The second-order valence-electron chi connectivity index (χ2n) is 5.08. The molecule has 0 bridgehead atoms. The number of anilines is 1. The van der Waals surface area contributed by atoms with Crippen molar-refractivity contribution in [2.24, 2.45) is 0 Å². The maximum atomic E-state index is 13.6. The van der Waals surface area contributed by atoms with E-state index in [4.69, 9.17) is 11.6 Å². The standard InChI is InChI=1S/C16H13ClFN5OS/c1-10(15(24)19-14-5-3-2-4-13(14)18)25-16-20-21-22-23(16)12-8-6-11(17)7-9-12/h2-10H,1H3,(H,19,24). The zero-order chi connectivity index (χ0) is 17.8. The third-order valence-corrected chi connectivity index (χ3v) is 4.58. The molecule has 0 saturated heterocycles. The number of halogens is 2. The fourth-order valence-electron chi connectivity index (χ4n) is 2.01. The van der Waals surface area contributed by atoms with Crippen LogP contribution in [0.2, 0.25) is 5.02 Å². The molecule has 1 aromatic heterocycles. The number of carbonyl (C=O) groups excluding carboxylic acids is 1. The topological polar surface area (TPSA) is 72.7 Å². The van der Waals surface area contributed by atoms with Gasteiger partial charge in [0.15, 0.2) is 0 Å². The molecular formula is C16H13ClFN5OS. The second-order valence-corrected chi connectivity index (χ2v) is 6.82. The Morgan fingerprint density at radius 2 is 1.96 bits per heavy atom. The number of aromatic nitrogens is 4. The third kappa shape index (κ3) is 4.15. The molecule has 0 saturated carbocycles. The van der Waals surface area contributed by atoms with Gasteiger partial charge in [-0.3, -0.25) is 4.79 Å². The predicted octanol–water partition coefficient (Wildman–Crippen LogP) is 3.57. The second kappa shape index (κ2) is 7.62. The van der Waals surface area contributed by atoms with Crippen molar-refractivity contribution in [3.8, 4) is 5.69 Å². The summed E-state index contributed by atoms with van der Waals surface area (Å²) in [5.74, 6) is -0.834. The van der Waals surface area contributed by atoms with Gasteiger partial charge in [0, 0.05) is 5.02 Å². The molecule has 2 aromatic carbocycles. The minimum absolute atomic E-state index is 0.136. The summed E-state index contributed by atoms with van der Waals surface area (Å²) in [6.07, 6.45) is 0. The number of amides is 1. The fourth-order valence-corrected chi connectivity index (χ4v) is 2.94. The summed E-state index contributed by atoms with van der Waals surface area (Å²) in [5.41, 5.74) is 0.857. The highest BCUT2D eigenvalue weighted by Crippen LogP contribution is 2.25. The molecule has 128 valence electrons. The maximum absolute atomic E-state index is 13.6. The monoisotopic (exact) mass is 377 g/mol. The molecule has 0 fully saturated rings. The van der Waals surface area contributed by atoms with Crippen LogP contribution in [-0.2, 0) is 4.79 Å². The van der Waals surface area contributed by atoms with Gasteiger partial charge < -0.3 is 5.32 Å². The Labute approximate surface area is 152 Å². The van der Waals surface area contributed by atoms with Crippen LogP contribution in [0.5, 0.6) is 0 Å². The summed E-state index contributed by atoms with van der Waals surface area (Å²) < 4.78 is 15.1. The predicted molar refractivity (Wildman–Crippen MR) is 94.5 cm³/mol. The van der Waals surface area contributed by atoms with Gasteiger partial charge in [-0.1, -0.05) is 35.5 Å². The molecule has 6 nitrogen and oxygen atoms in total. The lowest BCUT2D eigenvalue weighted by Crippen LogP contribution is -2.23. The number of carbonyl (C=O) groups is 1. The minimum atomic E-state index is -0.531. The Morgan fingerprint density at radius 1 is 1.24 bits per heavy atom. The van der Waals surface area contributed by atoms with Crippen molar-refractivity contribution in [1.29, 1.82) is 0 Å². The summed E-state index contributed by atoms with van der Waals surface area (Å²) in [4.78, 5) is 12.3. The van der Waals surface area contributed by atoms with Gasteiger partial charge in [-0.05, 0) is 53.7 Å². The van der Waals surface area contributed by atoms with Crippen LogP contribution in [0.1, 0.15) is 6.92 Å². The lowest BCUT2D eigenvalue weighted by Gasteiger charge is -2.12. The van der Waals surface area contributed by atoms with Gasteiger partial charge >= 0.3 is 0 Å². The minimum Gasteiger partial charge on any atom is -0.323 e. The summed E-state index contributed by atoms with van der Waals surface area (Å²) in [6.45, 7) is 1.70. The van der Waals surface area contributed by atoms with Crippen LogP contribution in [0.4, 0.5) is 10.1 Å². The summed E-state index contributed by atoms with van der Waals surface area (Å²) in [5, 5.41) is 14.6. The normalized spacial score (nSPS) is 12.0. The Hall–Kier alpha value is -2.45. The smallest absolute Gasteiger partial charge is 0.237 e. The van der Waals surface area contributed by atoms with E-state index >= 15 is 0 Å². The molecule has 1 atom stereocenters. The molecule has 9 heteroatoms. The Bertz CT molecular complexity index is 886. The van der Waals surface area contributed by atoms with Crippen LogP contribution in [0, 0.1) is 5.82 Å². The van der Waals surface area contributed by atoms with Gasteiger partial charge in [-0.2, -0.15) is 4.68 Å². The quantitative estimate of drug-likeness (QED) is 0.688. The largest absolute Gasteiger partial charge is 0.323 e. The van der Waals surface area contributed by atoms with Crippen molar-refractivity contribution in [3.05, 3.63) is 59.4 Å². The van der Waals surface area contributed by atoms with E-state index in [2.05, 4.69) is 20.8 Å². The lowest BCUT2D eigenvalue weighted by molar-refractivity contribution is -0.115. The Kier molecular flexibility index (Phi) is 5.30. The zero-order valence-corrected chi connectivity index (χ0v) is 14.6. The van der Waals surface area contributed by atoms with E-state index in [0.29, 0.717) is 10.2 Å². The molecule has 0 aliphatic rings. The average Bonchev–Trinajstić information content (AvgIpc) is 3.05. The fraction of sp³-hybridized carbons (Fsp3) is 0.125. The molecule has 1 heterocycles. The first kappa shape index (κ1) is 17.4. The van der Waals surface area contributed by atoms with E-state index < -0.39 is 11.1 Å². The number of para-hydroxylation sites is 1. The summed E-state index contributed by atoms with van der Waals surface area (Å²) in [7, 11) is 0. The van der Waals surface area contributed by atoms with Crippen molar-refractivity contribution in [2.75, 3.05) is 5.32 Å². The van der Waals surface area contributed by atoms with Crippen LogP contribution in [0.25, 0.3) is 5.69 Å². The number of rotatable bonds is 5. The molecule has 1 N–H and O–H groups in total. The molecule has 1 amide bonds. The SMILES string of the molecule is CC(Sc1nnnn1-c1ccc(Cl)cc1)C(=O)Nc1ccccc1F. The first-order chi connectivity index (χ1) is 12.0. The number of nitrogens with zero attached hydrogens (tertiary/aromatic N) is 4. The van der Waals surface area contributed by atoms with Crippen molar-refractivity contribution in [1.82, 2.24) is 20.2 Å². The highest BCUT2D eigenvalue weighted by Gasteiger charge is 2.20. The molecule has 0 spiro atoms. The summed E-state index contributed by atoms with van der Waals surface area (Å²) in [6, 6.07) is 13.0. The van der Waals surface area contributed by atoms with E-state index in [1.54, 1.807) is 43.3 Å². The van der Waals surface area contributed by atoms with Gasteiger partial charge in [0.1, 0.15) is 5.82 Å². The van der Waals surface area contributed by atoms with Crippen molar-refractivity contribution in [3.63, 3.8) is 0 Å². The van der Waals surface area contributed by atoms with Gasteiger partial charge in [0.25, 0.3) is 0 Å². The first-order valence-electron chi connectivity index (χ1n) is 7.31. The van der Waals surface area contributed by atoms with Crippen molar-refractivity contribution >= 4 is 35.0 Å². The maximum Gasteiger partial charge on any atom is 0.237 e. The molecule has 0 aliphatic heterocycles. The molecule has 3 rings (SSSR count). The van der Waals surface area contributed by atoms with E-state index in [1.807, 2.05) is 0 Å². The Morgan fingerprint density at radius 3 is 2.68 bits per heavy atom. The van der Waals surface area contributed by atoms with Crippen molar-refractivity contribution < 1.29 is 9.18 Å². The molecule has 0 aliphatic carbocycles. The van der Waals surface area contributed by atoms with E-state index in [9.17, 15) is 9.18 Å². The third-order valence-electron chi connectivity index (χ3n) is 3.30. The zero-order valence-electron chi connectivity index (χ0n) is 13.1. The molecule has 0 radical (unpaired) electrons. The van der Waals surface area contributed by atoms with Gasteiger partial charge in [-0.15, -0.1) is 5.10 Å². The Balaban J connectivity index is 1.72. The van der Waals surface area contributed by atoms with E-state index in [-0.39, 0.29) is 11.6 Å². The lowest BCUT2D eigenvalue weighted by atomic mass is 10.3. The molecular weight excluding hydrogens is 365 g/mol. The van der Waals surface area contributed by atoms with Crippen LogP contribution >= 0.6 is 23.4 Å². The van der Waals surface area contributed by atoms with Gasteiger partial charge in [0.05, 0.1) is 16.6 Å².